The molecular formula is C28H33F2N7O4. The van der Waals surface area contributed by atoms with Crippen molar-refractivity contribution in [2.75, 3.05) is 44.0 Å². The molecule has 2 aromatic heterocycles. The molecule has 2 aromatic carbocycles. The van der Waals surface area contributed by atoms with Crippen LogP contribution in [0.15, 0.2) is 49.1 Å². The van der Waals surface area contributed by atoms with Gasteiger partial charge >= 0.3 is 0 Å². The van der Waals surface area contributed by atoms with Gasteiger partial charge in [-0.15, -0.1) is 0 Å². The minimum atomic E-state index is -1.13. The maximum Gasteiger partial charge on any atom is 0.246 e. The Bertz CT molecular complexity index is 1480. The number of anilines is 3. The van der Waals surface area contributed by atoms with Crippen LogP contribution < -0.4 is 20.1 Å². The summed E-state index contributed by atoms with van der Waals surface area (Å²) in [7, 11) is 1.55. The van der Waals surface area contributed by atoms with Gasteiger partial charge in [-0.05, 0) is 38.5 Å². The van der Waals surface area contributed by atoms with Gasteiger partial charge in [0.25, 0.3) is 0 Å². The molecule has 0 saturated carbocycles. The van der Waals surface area contributed by atoms with Crippen molar-refractivity contribution in [2.45, 2.75) is 32.9 Å². The molecule has 13 heteroatoms. The van der Waals surface area contributed by atoms with E-state index in [0.29, 0.717) is 53.1 Å². The summed E-state index contributed by atoms with van der Waals surface area (Å²) in [5.41, 5.74) is 0.933. The number of carbonyl (C=O) groups excluding carboxylic acids is 1. The van der Waals surface area contributed by atoms with Crippen molar-refractivity contribution in [3.63, 3.8) is 0 Å². The van der Waals surface area contributed by atoms with Crippen LogP contribution in [-0.2, 0) is 11.3 Å². The largest absolute Gasteiger partial charge is 0.493 e. The van der Waals surface area contributed by atoms with E-state index < -0.39 is 17.5 Å². The third-order valence-corrected chi connectivity index (χ3v) is 6.31. The van der Waals surface area contributed by atoms with Crippen LogP contribution in [0.3, 0.4) is 0 Å². The van der Waals surface area contributed by atoms with E-state index in [-0.39, 0.29) is 18.8 Å². The average Bonchev–Trinajstić information content (AvgIpc) is 3.38. The number of nitrogens with zero attached hydrogens (tertiary/aromatic N) is 5. The molecule has 3 N–H and O–H groups in total. The monoisotopic (exact) mass is 569 g/mol. The van der Waals surface area contributed by atoms with E-state index in [4.69, 9.17) is 9.47 Å². The van der Waals surface area contributed by atoms with Crippen LogP contribution >= 0.6 is 0 Å². The predicted molar refractivity (Wildman–Crippen MR) is 150 cm³/mol. The Kier molecular flexibility index (Phi) is 9.98. The molecule has 2 heterocycles. The van der Waals surface area contributed by atoms with Gasteiger partial charge in [0.1, 0.15) is 18.7 Å². The number of ether oxygens (including phenoxy) is 2. The number of aromatic nitrogens is 4. The number of nitrogens with one attached hydrogen (secondary N) is 2. The number of fused-ring (bicyclic) bond motifs is 1. The Balaban J connectivity index is 1.41. The molecule has 0 fully saturated rings. The van der Waals surface area contributed by atoms with Crippen LogP contribution in [0.5, 0.6) is 11.5 Å². The third-order valence-electron chi connectivity index (χ3n) is 6.31. The molecule has 0 aliphatic rings. The van der Waals surface area contributed by atoms with Crippen molar-refractivity contribution >= 4 is 34.0 Å². The number of rotatable bonds is 14. The summed E-state index contributed by atoms with van der Waals surface area (Å²) in [6.07, 6.45) is 5.29. The molecule has 0 spiro atoms. The van der Waals surface area contributed by atoms with E-state index in [2.05, 4.69) is 44.4 Å². The molecule has 0 atom stereocenters. The van der Waals surface area contributed by atoms with Gasteiger partial charge < -0.3 is 25.2 Å². The number of benzene rings is 2. The lowest BCUT2D eigenvalue weighted by molar-refractivity contribution is -0.116. The summed E-state index contributed by atoms with van der Waals surface area (Å²) in [6, 6.07) is 7.45. The number of aliphatic hydroxyl groups is 1. The first-order valence-electron chi connectivity index (χ1n) is 13.1. The van der Waals surface area contributed by atoms with Crippen LogP contribution in [0.4, 0.5) is 26.0 Å². The molecule has 0 saturated heterocycles. The zero-order valence-electron chi connectivity index (χ0n) is 23.1. The second-order valence-corrected chi connectivity index (χ2v) is 9.50. The van der Waals surface area contributed by atoms with Crippen molar-refractivity contribution in [1.29, 1.82) is 0 Å². The van der Waals surface area contributed by atoms with Crippen LogP contribution in [0.2, 0.25) is 0 Å². The number of carbonyl (C=O) groups is 1. The average molecular weight is 570 g/mol. The number of amides is 1. The Morgan fingerprint density at radius 1 is 1.17 bits per heavy atom. The summed E-state index contributed by atoms with van der Waals surface area (Å²) in [6.45, 7) is 5.95. The normalized spacial score (nSPS) is 11.3. The Hall–Kier alpha value is -4.36. The molecule has 0 aliphatic carbocycles. The maximum absolute atomic E-state index is 13.9. The van der Waals surface area contributed by atoms with Crippen molar-refractivity contribution in [1.82, 2.24) is 24.6 Å². The SMILES string of the molecule is COc1cc2c(Nc3cnn(CC(=O)Nc4cccc(F)c4F)c3)ncnc2cc1OCCCN(CCO)C(C)C. The molecule has 0 aliphatic heterocycles. The van der Waals surface area contributed by atoms with E-state index >= 15 is 0 Å². The molecule has 4 rings (SSSR count). The van der Waals surface area contributed by atoms with E-state index in [0.717, 1.165) is 19.0 Å². The minimum Gasteiger partial charge on any atom is -0.493 e. The van der Waals surface area contributed by atoms with Crippen LogP contribution in [0.25, 0.3) is 10.9 Å². The number of aliphatic hydroxyl groups excluding tert-OH is 1. The number of halogens is 2. The molecule has 41 heavy (non-hydrogen) atoms. The predicted octanol–water partition coefficient (Wildman–Crippen LogP) is 3.97. The number of hydrogen-bond acceptors (Lipinski definition) is 9. The van der Waals surface area contributed by atoms with Gasteiger partial charge in [-0.1, -0.05) is 6.07 Å². The molecule has 218 valence electrons. The van der Waals surface area contributed by atoms with E-state index in [1.165, 1.54) is 29.3 Å². The van der Waals surface area contributed by atoms with Crippen LogP contribution in [0.1, 0.15) is 20.3 Å². The van der Waals surface area contributed by atoms with Crippen molar-refractivity contribution in [3.05, 3.63) is 60.7 Å². The lowest BCUT2D eigenvalue weighted by Gasteiger charge is -2.25. The van der Waals surface area contributed by atoms with Crippen LogP contribution in [-0.4, -0.2) is 75.1 Å². The fraction of sp³-hybridized carbons (Fsp3) is 0.357. The van der Waals surface area contributed by atoms with Gasteiger partial charge in [-0.2, -0.15) is 5.10 Å². The third kappa shape index (κ3) is 7.64. The van der Waals surface area contributed by atoms with Gasteiger partial charge in [-0.3, -0.25) is 14.4 Å². The summed E-state index contributed by atoms with van der Waals surface area (Å²) < 4.78 is 40.2. The molecule has 1 amide bonds. The van der Waals surface area contributed by atoms with Gasteiger partial charge in [0, 0.05) is 36.8 Å². The summed E-state index contributed by atoms with van der Waals surface area (Å²) in [5.74, 6) is -1.19. The quantitative estimate of drug-likeness (QED) is 0.193. The van der Waals surface area contributed by atoms with Crippen LogP contribution in [0, 0.1) is 11.6 Å². The first kappa shape index (κ1) is 29.6. The zero-order valence-corrected chi connectivity index (χ0v) is 23.1. The highest BCUT2D eigenvalue weighted by Crippen LogP contribution is 2.34. The van der Waals surface area contributed by atoms with E-state index in [9.17, 15) is 18.7 Å². The van der Waals surface area contributed by atoms with Gasteiger partial charge in [-0.25, -0.2) is 18.7 Å². The number of methoxy groups -OCH3 is 1. The van der Waals surface area contributed by atoms with Gasteiger partial charge in [0.15, 0.2) is 23.1 Å². The molecule has 0 unspecified atom stereocenters. The van der Waals surface area contributed by atoms with Gasteiger partial charge in [0.05, 0.1) is 43.4 Å². The second kappa shape index (κ2) is 13.8. The van der Waals surface area contributed by atoms with Gasteiger partial charge in [0.2, 0.25) is 5.91 Å². The van der Waals surface area contributed by atoms with E-state index in [1.807, 2.05) is 0 Å². The highest BCUT2D eigenvalue weighted by molar-refractivity contribution is 5.93. The second-order valence-electron chi connectivity index (χ2n) is 9.50. The first-order chi connectivity index (χ1) is 19.8. The van der Waals surface area contributed by atoms with Crippen molar-refractivity contribution in [2.24, 2.45) is 0 Å². The standard InChI is InChI=1S/C28H33F2N7O4/c1-18(2)36(9-10-38)8-5-11-41-25-13-23-20(12-24(25)40-3)28(32-17-31-23)34-19-14-33-37(15-19)16-26(39)35-22-7-4-6-21(29)27(22)30/h4,6-7,12-15,17-18,38H,5,8-11,16H2,1-3H3,(H,35,39)(H,31,32,34). The summed E-state index contributed by atoms with van der Waals surface area (Å²) >= 11 is 0. The first-order valence-corrected chi connectivity index (χ1v) is 13.1. The zero-order chi connectivity index (χ0) is 29.4. The lowest BCUT2D eigenvalue weighted by atomic mass is 10.2. The fourth-order valence-corrected chi connectivity index (χ4v) is 4.23. The maximum atomic E-state index is 13.9. The number of hydrogen-bond donors (Lipinski definition) is 3. The highest BCUT2D eigenvalue weighted by atomic mass is 19.2. The highest BCUT2D eigenvalue weighted by Gasteiger charge is 2.15. The smallest absolute Gasteiger partial charge is 0.246 e. The molecule has 0 bridgehead atoms. The minimum absolute atomic E-state index is 0.113. The summed E-state index contributed by atoms with van der Waals surface area (Å²) in [4.78, 5) is 23.2. The molecule has 11 nitrogen and oxygen atoms in total. The Labute approximate surface area is 236 Å². The van der Waals surface area contributed by atoms with Crippen molar-refractivity contribution in [3.8, 4) is 11.5 Å². The molecular weight excluding hydrogens is 536 g/mol. The van der Waals surface area contributed by atoms with Crippen molar-refractivity contribution < 1.29 is 28.2 Å². The Morgan fingerprint density at radius 2 is 2.00 bits per heavy atom. The topological polar surface area (TPSA) is 127 Å². The summed E-state index contributed by atoms with van der Waals surface area (Å²) in [5, 5.41) is 19.6. The van der Waals surface area contributed by atoms with E-state index in [1.54, 1.807) is 25.4 Å². The molecule has 4 aromatic rings. The Morgan fingerprint density at radius 3 is 2.76 bits per heavy atom. The molecule has 0 radical (unpaired) electrons. The fourth-order valence-electron chi connectivity index (χ4n) is 4.23. The lowest BCUT2D eigenvalue weighted by Crippen LogP contribution is -2.34.